The standard InChI is InChI=1S/C17H25N3O4S/c1-12-5-6-13(25(18,23)24)9-14(12)17(22)20-10-15(16(21)11-20)19-7-3-2-4-8-19/h5-6,9,15-16,21H,2-4,7-8,10-11H2,1H3,(H2,18,23,24). The zero-order chi connectivity index (χ0) is 18.2. The number of β-amino-alcohol motifs (C(OH)–C–C–N with tert-alkyl or cyclic N) is 1. The molecule has 2 fully saturated rings. The predicted octanol–water partition coefficient (Wildman–Crippen LogP) is 0.314. The molecular formula is C17H25N3O4S. The zero-order valence-corrected chi connectivity index (χ0v) is 15.2. The van der Waals surface area contributed by atoms with Crippen LogP contribution in [-0.4, -0.2) is 67.6 Å². The summed E-state index contributed by atoms with van der Waals surface area (Å²) in [6.07, 6.45) is 2.87. The molecule has 25 heavy (non-hydrogen) atoms. The van der Waals surface area contributed by atoms with Crippen molar-refractivity contribution in [1.29, 1.82) is 0 Å². The molecule has 7 nitrogen and oxygen atoms in total. The van der Waals surface area contributed by atoms with Gasteiger partial charge in [-0.15, -0.1) is 0 Å². The molecule has 3 rings (SSSR count). The number of carbonyl (C=O) groups is 1. The molecule has 0 aliphatic carbocycles. The number of nitrogens with two attached hydrogens (primary N) is 1. The zero-order valence-electron chi connectivity index (χ0n) is 14.4. The Labute approximate surface area is 148 Å². The molecule has 8 heteroatoms. The number of nitrogens with zero attached hydrogens (tertiary/aromatic N) is 2. The van der Waals surface area contributed by atoms with Crippen LogP contribution >= 0.6 is 0 Å². The van der Waals surface area contributed by atoms with E-state index < -0.39 is 16.1 Å². The molecule has 2 atom stereocenters. The number of aliphatic hydroxyl groups excluding tert-OH is 1. The van der Waals surface area contributed by atoms with Crippen molar-refractivity contribution in [2.45, 2.75) is 43.2 Å². The van der Waals surface area contributed by atoms with E-state index in [1.807, 2.05) is 0 Å². The van der Waals surface area contributed by atoms with Gasteiger partial charge in [-0.05, 0) is 50.6 Å². The first-order valence-corrected chi connectivity index (χ1v) is 10.2. The number of sulfonamides is 1. The third-order valence-corrected chi connectivity index (χ3v) is 6.08. The highest BCUT2D eigenvalue weighted by atomic mass is 32.2. The van der Waals surface area contributed by atoms with Gasteiger partial charge in [-0.2, -0.15) is 0 Å². The number of hydrogen-bond acceptors (Lipinski definition) is 5. The Morgan fingerprint density at radius 2 is 1.88 bits per heavy atom. The number of piperidine rings is 1. The maximum absolute atomic E-state index is 12.9. The lowest BCUT2D eigenvalue weighted by Crippen LogP contribution is -2.46. The minimum absolute atomic E-state index is 0.0500. The maximum Gasteiger partial charge on any atom is 0.254 e. The molecule has 2 unspecified atom stereocenters. The summed E-state index contributed by atoms with van der Waals surface area (Å²) >= 11 is 0. The van der Waals surface area contributed by atoms with Crippen molar-refractivity contribution in [2.75, 3.05) is 26.2 Å². The molecule has 0 bridgehead atoms. The van der Waals surface area contributed by atoms with Crippen molar-refractivity contribution < 1.29 is 18.3 Å². The normalized spacial score (nSPS) is 25.3. The molecule has 138 valence electrons. The van der Waals surface area contributed by atoms with Gasteiger partial charge in [-0.3, -0.25) is 9.69 Å². The fraction of sp³-hybridized carbons (Fsp3) is 0.588. The summed E-state index contributed by atoms with van der Waals surface area (Å²) < 4.78 is 23.1. The Hall–Kier alpha value is -1.48. The monoisotopic (exact) mass is 367 g/mol. The van der Waals surface area contributed by atoms with Gasteiger partial charge < -0.3 is 10.0 Å². The average Bonchev–Trinajstić information content (AvgIpc) is 2.96. The Morgan fingerprint density at radius 1 is 1.20 bits per heavy atom. The second-order valence-corrected chi connectivity index (χ2v) is 8.52. The second-order valence-electron chi connectivity index (χ2n) is 6.96. The lowest BCUT2D eigenvalue weighted by molar-refractivity contribution is 0.0702. The van der Waals surface area contributed by atoms with Gasteiger partial charge >= 0.3 is 0 Å². The summed E-state index contributed by atoms with van der Waals surface area (Å²) in [6, 6.07) is 4.26. The van der Waals surface area contributed by atoms with E-state index in [4.69, 9.17) is 5.14 Å². The van der Waals surface area contributed by atoms with Crippen LogP contribution in [0.5, 0.6) is 0 Å². The second kappa shape index (κ2) is 7.03. The molecule has 1 amide bonds. The number of aliphatic hydroxyl groups is 1. The quantitative estimate of drug-likeness (QED) is 0.800. The van der Waals surface area contributed by atoms with Crippen molar-refractivity contribution in [3.05, 3.63) is 29.3 Å². The molecular weight excluding hydrogens is 342 g/mol. The highest BCUT2D eigenvalue weighted by molar-refractivity contribution is 7.89. The van der Waals surface area contributed by atoms with Gasteiger partial charge in [0.25, 0.3) is 5.91 Å². The highest BCUT2D eigenvalue weighted by Crippen LogP contribution is 2.24. The summed E-state index contributed by atoms with van der Waals surface area (Å²) in [5.41, 5.74) is 1.01. The number of amides is 1. The number of likely N-dealkylation sites (tertiary alicyclic amines) is 2. The lowest BCUT2D eigenvalue weighted by atomic mass is 10.1. The van der Waals surface area contributed by atoms with Crippen LogP contribution in [0.25, 0.3) is 0 Å². The fourth-order valence-electron chi connectivity index (χ4n) is 3.72. The van der Waals surface area contributed by atoms with Crippen LogP contribution < -0.4 is 5.14 Å². The lowest BCUT2D eigenvalue weighted by Gasteiger charge is -2.33. The first kappa shape index (κ1) is 18.3. The third-order valence-electron chi connectivity index (χ3n) is 5.17. The number of primary sulfonamides is 1. The Morgan fingerprint density at radius 3 is 2.52 bits per heavy atom. The summed E-state index contributed by atoms with van der Waals surface area (Å²) in [7, 11) is -3.87. The molecule has 0 radical (unpaired) electrons. The Kier molecular flexibility index (Phi) is 5.15. The first-order chi connectivity index (χ1) is 11.8. The van der Waals surface area contributed by atoms with Gasteiger partial charge in [0.05, 0.1) is 17.0 Å². The van der Waals surface area contributed by atoms with Crippen molar-refractivity contribution in [1.82, 2.24) is 9.80 Å². The predicted molar refractivity (Wildman–Crippen MR) is 93.7 cm³/mol. The average molecular weight is 367 g/mol. The molecule has 1 aromatic carbocycles. The first-order valence-electron chi connectivity index (χ1n) is 8.62. The van der Waals surface area contributed by atoms with Gasteiger partial charge in [0, 0.05) is 18.7 Å². The summed E-state index contributed by atoms with van der Waals surface area (Å²) in [4.78, 5) is 16.7. The SMILES string of the molecule is Cc1ccc(S(N)(=O)=O)cc1C(=O)N1CC(O)C(N2CCCCC2)C1. The molecule has 2 aliphatic rings. The van der Waals surface area contributed by atoms with Crippen LogP contribution in [0.1, 0.15) is 35.2 Å². The van der Waals surface area contributed by atoms with Crippen molar-refractivity contribution >= 4 is 15.9 Å². The molecule has 2 saturated heterocycles. The van der Waals surface area contributed by atoms with E-state index in [2.05, 4.69) is 4.90 Å². The van der Waals surface area contributed by atoms with E-state index in [0.29, 0.717) is 17.7 Å². The molecule has 2 heterocycles. The minimum Gasteiger partial charge on any atom is -0.390 e. The molecule has 1 aromatic rings. The maximum atomic E-state index is 12.9. The van der Waals surface area contributed by atoms with Crippen LogP contribution in [0, 0.1) is 6.92 Å². The van der Waals surface area contributed by atoms with Crippen LogP contribution in [0.3, 0.4) is 0 Å². The number of hydrogen-bond donors (Lipinski definition) is 2. The van der Waals surface area contributed by atoms with Crippen LogP contribution in [0.4, 0.5) is 0 Å². The van der Waals surface area contributed by atoms with E-state index in [9.17, 15) is 18.3 Å². The number of rotatable bonds is 3. The smallest absolute Gasteiger partial charge is 0.254 e. The summed E-state index contributed by atoms with van der Waals surface area (Å²) in [5, 5.41) is 15.6. The van der Waals surface area contributed by atoms with Crippen LogP contribution in [-0.2, 0) is 10.0 Å². The molecule has 0 spiro atoms. The Bertz CT molecular complexity index is 759. The van der Waals surface area contributed by atoms with Crippen molar-refractivity contribution in [3.63, 3.8) is 0 Å². The van der Waals surface area contributed by atoms with E-state index >= 15 is 0 Å². The minimum atomic E-state index is -3.87. The van der Waals surface area contributed by atoms with E-state index in [-0.39, 0.29) is 23.4 Å². The van der Waals surface area contributed by atoms with Gasteiger partial charge in [-0.1, -0.05) is 12.5 Å². The summed E-state index contributed by atoms with van der Waals surface area (Å²) in [6.45, 7) is 4.38. The number of aryl methyl sites for hydroxylation is 1. The van der Waals surface area contributed by atoms with Crippen molar-refractivity contribution in [3.8, 4) is 0 Å². The topological polar surface area (TPSA) is 104 Å². The fourth-order valence-corrected chi connectivity index (χ4v) is 4.26. The van der Waals surface area contributed by atoms with Crippen molar-refractivity contribution in [2.24, 2.45) is 5.14 Å². The van der Waals surface area contributed by atoms with Crippen LogP contribution in [0.15, 0.2) is 23.1 Å². The largest absolute Gasteiger partial charge is 0.390 e. The number of carbonyl (C=O) groups excluding carboxylic acids is 1. The molecule has 2 aliphatic heterocycles. The van der Waals surface area contributed by atoms with E-state index in [0.717, 1.165) is 25.9 Å². The van der Waals surface area contributed by atoms with E-state index in [1.54, 1.807) is 17.9 Å². The molecule has 0 saturated carbocycles. The summed E-state index contributed by atoms with van der Waals surface area (Å²) in [5.74, 6) is -0.262. The molecule has 3 N–H and O–H groups in total. The van der Waals surface area contributed by atoms with Gasteiger partial charge in [0.1, 0.15) is 0 Å². The highest BCUT2D eigenvalue weighted by Gasteiger charge is 2.38. The number of benzene rings is 1. The van der Waals surface area contributed by atoms with Crippen LogP contribution in [0.2, 0.25) is 0 Å². The molecule has 0 aromatic heterocycles. The van der Waals surface area contributed by atoms with E-state index in [1.165, 1.54) is 18.6 Å². The third kappa shape index (κ3) is 3.87. The van der Waals surface area contributed by atoms with Gasteiger partial charge in [0.15, 0.2) is 0 Å². The van der Waals surface area contributed by atoms with Gasteiger partial charge in [0.2, 0.25) is 10.0 Å². The Balaban J connectivity index is 1.80. The van der Waals surface area contributed by atoms with Gasteiger partial charge in [-0.25, -0.2) is 13.6 Å².